The van der Waals surface area contributed by atoms with E-state index in [-0.39, 0.29) is 17.1 Å². The number of fused-ring (bicyclic) bond motifs is 2. The summed E-state index contributed by atoms with van der Waals surface area (Å²) < 4.78 is 0. The van der Waals surface area contributed by atoms with E-state index in [2.05, 4.69) is 5.32 Å². The van der Waals surface area contributed by atoms with Crippen molar-refractivity contribution < 1.29 is 9.59 Å². The summed E-state index contributed by atoms with van der Waals surface area (Å²) in [6.45, 7) is 5.92. The molecule has 0 unspecified atom stereocenters. The number of hydrogen-bond acceptors (Lipinski definition) is 3. The lowest BCUT2D eigenvalue weighted by atomic mass is 10.0. The van der Waals surface area contributed by atoms with Crippen molar-refractivity contribution in [1.82, 2.24) is 0 Å². The zero-order chi connectivity index (χ0) is 17.1. The molecule has 122 valence electrons. The van der Waals surface area contributed by atoms with Crippen LogP contribution < -0.4 is 10.2 Å². The quantitative estimate of drug-likeness (QED) is 0.865. The fourth-order valence-electron chi connectivity index (χ4n) is 3.43. The predicted molar refractivity (Wildman–Crippen MR) is 97.2 cm³/mol. The van der Waals surface area contributed by atoms with Crippen LogP contribution in [-0.2, 0) is 14.5 Å². The van der Waals surface area contributed by atoms with Gasteiger partial charge in [-0.3, -0.25) is 14.5 Å². The Labute approximate surface area is 145 Å². The zero-order valence-electron chi connectivity index (χ0n) is 13.8. The topological polar surface area (TPSA) is 49.4 Å². The average Bonchev–Trinajstić information content (AvgIpc) is 2.98. The molecule has 2 atom stereocenters. The van der Waals surface area contributed by atoms with Gasteiger partial charge in [0.2, 0.25) is 10.8 Å². The third-order valence-corrected chi connectivity index (χ3v) is 6.31. The van der Waals surface area contributed by atoms with Crippen molar-refractivity contribution in [3.05, 3.63) is 59.2 Å². The summed E-state index contributed by atoms with van der Waals surface area (Å²) in [7, 11) is 0. The number of amides is 2. The summed E-state index contributed by atoms with van der Waals surface area (Å²) in [6.07, 6.45) is 0. The minimum absolute atomic E-state index is 0.0323. The largest absolute Gasteiger partial charge is 0.323 e. The molecule has 4 nitrogen and oxygen atoms in total. The number of carbonyl (C=O) groups excluding carboxylic acids is 2. The Hall–Kier alpha value is -2.27. The first-order chi connectivity index (χ1) is 11.4. The third kappa shape index (κ3) is 1.88. The molecular formula is C19H18N2O2S. The number of hydrogen-bond donors (Lipinski definition) is 1. The highest BCUT2D eigenvalue weighted by Gasteiger charge is 2.60. The lowest BCUT2D eigenvalue weighted by Gasteiger charge is -2.32. The van der Waals surface area contributed by atoms with Crippen LogP contribution in [0.3, 0.4) is 0 Å². The lowest BCUT2D eigenvalue weighted by molar-refractivity contribution is -0.122. The molecule has 0 aliphatic carbocycles. The predicted octanol–water partition coefficient (Wildman–Crippen LogP) is 3.58. The van der Waals surface area contributed by atoms with Crippen molar-refractivity contribution in [3.63, 3.8) is 0 Å². The summed E-state index contributed by atoms with van der Waals surface area (Å²) in [5.41, 5.74) is 4.68. The Kier molecular flexibility index (Phi) is 3.25. The summed E-state index contributed by atoms with van der Waals surface area (Å²) in [5.74, 6) is -0.181. The van der Waals surface area contributed by atoms with Crippen molar-refractivity contribution in [2.75, 3.05) is 10.2 Å². The van der Waals surface area contributed by atoms with Gasteiger partial charge in [0.25, 0.3) is 5.91 Å². The number of carbonyl (C=O) groups is 2. The molecule has 0 bridgehead atoms. The Bertz CT molecular complexity index is 879. The van der Waals surface area contributed by atoms with Crippen LogP contribution in [0.1, 0.15) is 23.6 Å². The highest BCUT2D eigenvalue weighted by molar-refractivity contribution is 8.03. The lowest BCUT2D eigenvalue weighted by Crippen LogP contribution is -2.47. The zero-order valence-corrected chi connectivity index (χ0v) is 14.6. The first-order valence-electron chi connectivity index (χ1n) is 7.95. The minimum atomic E-state index is -1.02. The number of anilines is 2. The third-order valence-electron chi connectivity index (χ3n) is 4.83. The summed E-state index contributed by atoms with van der Waals surface area (Å²) >= 11 is 1.41. The highest BCUT2D eigenvalue weighted by atomic mass is 32.2. The van der Waals surface area contributed by atoms with E-state index in [1.807, 2.05) is 63.2 Å². The number of para-hydroxylation sites is 1. The van der Waals surface area contributed by atoms with Gasteiger partial charge in [0, 0.05) is 16.9 Å². The van der Waals surface area contributed by atoms with Gasteiger partial charge in [-0.1, -0.05) is 24.3 Å². The fourth-order valence-corrected chi connectivity index (χ4v) is 4.91. The summed E-state index contributed by atoms with van der Waals surface area (Å²) in [6, 6.07) is 13.5. The molecule has 2 aromatic rings. The number of thioether (sulfide) groups is 1. The Morgan fingerprint density at radius 1 is 1.08 bits per heavy atom. The highest BCUT2D eigenvalue weighted by Crippen LogP contribution is 2.55. The number of aryl methyl sites for hydroxylation is 2. The van der Waals surface area contributed by atoms with E-state index in [0.29, 0.717) is 0 Å². The van der Waals surface area contributed by atoms with E-state index < -0.39 is 4.87 Å². The van der Waals surface area contributed by atoms with Crippen LogP contribution >= 0.6 is 11.8 Å². The SMILES string of the molecule is Cc1ccc(N2C(=O)[C@@H](C)S[C@]23C(=O)Nc2ccccc23)cc1C. The van der Waals surface area contributed by atoms with E-state index >= 15 is 0 Å². The van der Waals surface area contributed by atoms with Gasteiger partial charge in [-0.15, -0.1) is 11.8 Å². The molecule has 2 aliphatic rings. The molecule has 1 spiro atoms. The van der Waals surface area contributed by atoms with E-state index in [9.17, 15) is 9.59 Å². The summed E-state index contributed by atoms with van der Waals surface area (Å²) in [5, 5.41) is 2.67. The van der Waals surface area contributed by atoms with E-state index in [0.717, 1.165) is 28.1 Å². The number of benzene rings is 2. The summed E-state index contributed by atoms with van der Waals surface area (Å²) in [4.78, 5) is 26.6. The van der Waals surface area contributed by atoms with Crippen molar-refractivity contribution in [1.29, 1.82) is 0 Å². The van der Waals surface area contributed by atoms with Crippen LogP contribution in [0.25, 0.3) is 0 Å². The molecule has 2 amide bonds. The van der Waals surface area contributed by atoms with Gasteiger partial charge in [0.15, 0.2) is 0 Å². The minimum Gasteiger partial charge on any atom is -0.323 e. The Morgan fingerprint density at radius 2 is 1.83 bits per heavy atom. The van der Waals surface area contributed by atoms with Gasteiger partial charge in [-0.25, -0.2) is 0 Å². The van der Waals surface area contributed by atoms with E-state index in [1.165, 1.54) is 11.8 Å². The smallest absolute Gasteiger partial charge is 0.266 e. The molecule has 4 rings (SSSR count). The van der Waals surface area contributed by atoms with Crippen LogP contribution in [0.4, 0.5) is 11.4 Å². The first kappa shape index (κ1) is 15.3. The van der Waals surface area contributed by atoms with Crippen LogP contribution in [-0.4, -0.2) is 17.1 Å². The molecule has 0 radical (unpaired) electrons. The Morgan fingerprint density at radius 3 is 2.58 bits per heavy atom. The normalized spacial score (nSPS) is 25.3. The second kappa shape index (κ2) is 5.11. The molecule has 2 aromatic carbocycles. The second-order valence-corrected chi connectivity index (χ2v) is 7.88. The molecule has 1 N–H and O–H groups in total. The number of rotatable bonds is 1. The Balaban J connectivity index is 1.95. The molecule has 5 heteroatoms. The molecule has 0 aromatic heterocycles. The van der Waals surface area contributed by atoms with Gasteiger partial charge in [-0.2, -0.15) is 0 Å². The number of nitrogens with one attached hydrogen (secondary N) is 1. The molecule has 2 aliphatic heterocycles. The standard InChI is InChI=1S/C19H18N2O2S/c1-11-8-9-14(10-12(11)2)21-17(22)13(3)24-19(21)15-6-4-5-7-16(15)20-18(19)23/h4-10,13H,1-3H3,(H,20,23)/t13-,19-/m1/s1. The van der Waals surface area contributed by atoms with Crippen molar-refractivity contribution in [2.24, 2.45) is 0 Å². The van der Waals surface area contributed by atoms with Crippen LogP contribution in [0.2, 0.25) is 0 Å². The second-order valence-electron chi connectivity index (χ2n) is 6.35. The monoisotopic (exact) mass is 338 g/mol. The first-order valence-corrected chi connectivity index (χ1v) is 8.83. The van der Waals surface area contributed by atoms with Gasteiger partial charge in [0.05, 0.1) is 5.25 Å². The van der Waals surface area contributed by atoms with Gasteiger partial charge in [0.1, 0.15) is 0 Å². The van der Waals surface area contributed by atoms with E-state index in [4.69, 9.17) is 0 Å². The molecule has 0 saturated carbocycles. The van der Waals surface area contributed by atoms with Gasteiger partial charge >= 0.3 is 0 Å². The van der Waals surface area contributed by atoms with Crippen molar-refractivity contribution >= 4 is 35.0 Å². The molecular weight excluding hydrogens is 320 g/mol. The van der Waals surface area contributed by atoms with Crippen molar-refractivity contribution in [2.45, 2.75) is 30.9 Å². The van der Waals surface area contributed by atoms with Crippen LogP contribution in [0, 0.1) is 13.8 Å². The van der Waals surface area contributed by atoms with Crippen LogP contribution in [0.5, 0.6) is 0 Å². The number of nitrogens with zero attached hydrogens (tertiary/aromatic N) is 1. The maximum atomic E-state index is 13.0. The molecule has 1 fully saturated rings. The fraction of sp³-hybridized carbons (Fsp3) is 0.263. The van der Waals surface area contributed by atoms with Crippen LogP contribution in [0.15, 0.2) is 42.5 Å². The van der Waals surface area contributed by atoms with Gasteiger partial charge < -0.3 is 5.32 Å². The maximum absolute atomic E-state index is 13.0. The molecule has 1 saturated heterocycles. The maximum Gasteiger partial charge on any atom is 0.266 e. The van der Waals surface area contributed by atoms with Crippen molar-refractivity contribution in [3.8, 4) is 0 Å². The molecule has 2 heterocycles. The average molecular weight is 338 g/mol. The van der Waals surface area contributed by atoms with E-state index in [1.54, 1.807) is 4.90 Å². The van der Waals surface area contributed by atoms with Gasteiger partial charge in [-0.05, 0) is 50.1 Å². The molecule has 24 heavy (non-hydrogen) atoms.